The highest BCUT2D eigenvalue weighted by atomic mass is 35.5. The van der Waals surface area contributed by atoms with Crippen LogP contribution in [0.2, 0.25) is 0 Å². The third kappa shape index (κ3) is 9.57. The van der Waals surface area contributed by atoms with Crippen LogP contribution in [-0.4, -0.2) is 60.9 Å². The van der Waals surface area contributed by atoms with Crippen molar-refractivity contribution in [3.63, 3.8) is 0 Å². The Bertz CT molecular complexity index is 316. The number of nitrogens with zero attached hydrogens (tertiary/aromatic N) is 2. The number of amides is 2. The van der Waals surface area contributed by atoms with Gasteiger partial charge in [-0.1, -0.05) is 0 Å². The molecule has 0 saturated carbocycles. The van der Waals surface area contributed by atoms with Gasteiger partial charge in [-0.15, -0.1) is 37.2 Å². The quantitative estimate of drug-likeness (QED) is 0.728. The van der Waals surface area contributed by atoms with E-state index < -0.39 is 0 Å². The predicted molar refractivity (Wildman–Crippen MR) is 101 cm³/mol. The van der Waals surface area contributed by atoms with Crippen molar-refractivity contribution in [3.8, 4) is 0 Å². The van der Waals surface area contributed by atoms with Crippen LogP contribution in [0.25, 0.3) is 0 Å². The summed E-state index contributed by atoms with van der Waals surface area (Å²) in [5.74, 6) is 1.44. The number of halogens is 3. The molecule has 2 atom stereocenters. The Hall–Kier alpha value is -0.270. The molecule has 140 valence electrons. The van der Waals surface area contributed by atoms with Gasteiger partial charge in [0, 0.05) is 40.0 Å². The Kier molecular flexibility index (Phi) is 16.9. The molecule has 2 aliphatic heterocycles. The monoisotopic (exact) mass is 392 g/mol. The molecule has 2 heterocycles. The van der Waals surface area contributed by atoms with E-state index >= 15 is 0 Å². The highest BCUT2D eigenvalue weighted by molar-refractivity contribution is 5.86. The van der Waals surface area contributed by atoms with Gasteiger partial charge in [-0.25, -0.2) is 0 Å². The first-order valence-corrected chi connectivity index (χ1v) is 7.39. The predicted octanol–water partition coefficient (Wildman–Crippen LogP) is 0.892. The maximum atomic E-state index is 10.8. The van der Waals surface area contributed by atoms with Gasteiger partial charge in [0.2, 0.25) is 11.8 Å². The molecule has 6 nitrogen and oxygen atoms in total. The number of nitrogens with two attached hydrogens (primary N) is 2. The average molecular weight is 394 g/mol. The highest BCUT2D eigenvalue weighted by Gasteiger charge is 2.23. The van der Waals surface area contributed by atoms with Crippen LogP contribution in [0.5, 0.6) is 0 Å². The molecule has 0 aliphatic carbocycles. The Balaban J connectivity index is -0.000000308. The Labute approximate surface area is 157 Å². The van der Waals surface area contributed by atoms with Crippen molar-refractivity contribution < 1.29 is 9.59 Å². The van der Waals surface area contributed by atoms with E-state index in [1.807, 2.05) is 9.80 Å². The second-order valence-electron chi connectivity index (χ2n) is 5.71. The molecule has 0 aromatic carbocycles. The lowest BCUT2D eigenvalue weighted by Gasteiger charge is -2.12. The first-order valence-electron chi connectivity index (χ1n) is 7.39. The van der Waals surface area contributed by atoms with Gasteiger partial charge in [0.15, 0.2) is 0 Å². The van der Waals surface area contributed by atoms with Gasteiger partial charge in [0.05, 0.1) is 0 Å². The minimum atomic E-state index is 0. The van der Waals surface area contributed by atoms with Gasteiger partial charge in [-0.05, 0) is 37.8 Å². The summed E-state index contributed by atoms with van der Waals surface area (Å²) >= 11 is 0. The second kappa shape index (κ2) is 14.1. The van der Waals surface area contributed by atoms with Gasteiger partial charge in [0.25, 0.3) is 0 Å². The van der Waals surface area contributed by atoms with Crippen LogP contribution in [0.4, 0.5) is 0 Å². The fourth-order valence-electron chi connectivity index (χ4n) is 2.62. The van der Waals surface area contributed by atoms with E-state index in [4.69, 9.17) is 11.5 Å². The van der Waals surface area contributed by atoms with Crippen molar-refractivity contribution in [1.82, 2.24) is 9.80 Å². The first kappa shape index (κ1) is 27.6. The summed E-state index contributed by atoms with van der Waals surface area (Å²) in [6, 6.07) is 0. The standard InChI is InChI=1S/2C7H14N2O.3ClH/c2*1-6(10)9-3-2-7(4-8)5-9;;;/h2*7H,2-5,8H2,1H3;3*1H/t2*7-;;;/m00.../s1. The number of carbonyl (C=O) groups is 2. The summed E-state index contributed by atoms with van der Waals surface area (Å²) in [4.78, 5) is 25.3. The summed E-state index contributed by atoms with van der Waals surface area (Å²) < 4.78 is 0. The zero-order valence-corrected chi connectivity index (χ0v) is 16.4. The lowest BCUT2D eigenvalue weighted by atomic mass is 10.1. The van der Waals surface area contributed by atoms with E-state index in [0.29, 0.717) is 24.9 Å². The van der Waals surface area contributed by atoms with Crippen molar-refractivity contribution in [2.75, 3.05) is 39.3 Å². The number of hydrogen-bond donors (Lipinski definition) is 2. The largest absolute Gasteiger partial charge is 0.343 e. The summed E-state index contributed by atoms with van der Waals surface area (Å²) in [6.45, 7) is 8.18. The third-order valence-corrected chi connectivity index (χ3v) is 4.13. The number of hydrogen-bond acceptors (Lipinski definition) is 4. The molecular formula is C14H31Cl3N4O2. The highest BCUT2D eigenvalue weighted by Crippen LogP contribution is 2.14. The molecule has 0 unspecified atom stereocenters. The molecule has 0 aromatic heterocycles. The Morgan fingerprint density at radius 3 is 1.26 bits per heavy atom. The molecule has 9 heteroatoms. The van der Waals surface area contributed by atoms with Crippen LogP contribution in [0.15, 0.2) is 0 Å². The molecule has 0 radical (unpaired) electrons. The molecule has 2 saturated heterocycles. The van der Waals surface area contributed by atoms with E-state index in [-0.39, 0.29) is 49.0 Å². The molecule has 2 rings (SSSR count). The summed E-state index contributed by atoms with van der Waals surface area (Å²) in [6.07, 6.45) is 2.16. The van der Waals surface area contributed by atoms with Crippen LogP contribution in [0.3, 0.4) is 0 Å². The van der Waals surface area contributed by atoms with E-state index in [0.717, 1.165) is 39.0 Å². The van der Waals surface area contributed by atoms with Crippen LogP contribution in [0.1, 0.15) is 26.7 Å². The van der Waals surface area contributed by atoms with Gasteiger partial charge in [-0.3, -0.25) is 9.59 Å². The van der Waals surface area contributed by atoms with E-state index in [1.165, 1.54) is 0 Å². The maximum absolute atomic E-state index is 10.8. The average Bonchev–Trinajstić information content (AvgIpc) is 3.08. The molecule has 0 aromatic rings. The number of carbonyl (C=O) groups excluding carboxylic acids is 2. The molecule has 2 amide bonds. The molecule has 0 spiro atoms. The van der Waals surface area contributed by atoms with Crippen LogP contribution in [0, 0.1) is 11.8 Å². The molecule has 23 heavy (non-hydrogen) atoms. The maximum Gasteiger partial charge on any atom is 0.219 e. The van der Waals surface area contributed by atoms with Gasteiger partial charge < -0.3 is 21.3 Å². The zero-order chi connectivity index (χ0) is 15.1. The van der Waals surface area contributed by atoms with E-state index in [1.54, 1.807) is 13.8 Å². The lowest BCUT2D eigenvalue weighted by molar-refractivity contribution is -0.128. The van der Waals surface area contributed by atoms with Gasteiger partial charge in [-0.2, -0.15) is 0 Å². The summed E-state index contributed by atoms with van der Waals surface area (Å²) in [7, 11) is 0. The van der Waals surface area contributed by atoms with Crippen LogP contribution >= 0.6 is 37.2 Å². The summed E-state index contributed by atoms with van der Waals surface area (Å²) in [5, 5.41) is 0. The van der Waals surface area contributed by atoms with Crippen molar-refractivity contribution in [2.45, 2.75) is 26.7 Å². The molecule has 2 fully saturated rings. The normalized spacial score (nSPS) is 22.1. The topological polar surface area (TPSA) is 92.7 Å². The molecular weight excluding hydrogens is 363 g/mol. The lowest BCUT2D eigenvalue weighted by Crippen LogP contribution is -2.27. The molecule has 4 N–H and O–H groups in total. The van der Waals surface area contributed by atoms with E-state index in [2.05, 4.69) is 0 Å². The second-order valence-corrected chi connectivity index (χ2v) is 5.71. The van der Waals surface area contributed by atoms with Crippen molar-refractivity contribution in [1.29, 1.82) is 0 Å². The van der Waals surface area contributed by atoms with Gasteiger partial charge >= 0.3 is 0 Å². The van der Waals surface area contributed by atoms with Crippen LogP contribution in [-0.2, 0) is 9.59 Å². The Morgan fingerprint density at radius 1 is 0.826 bits per heavy atom. The summed E-state index contributed by atoms with van der Waals surface area (Å²) in [5.41, 5.74) is 10.9. The zero-order valence-electron chi connectivity index (χ0n) is 13.9. The SMILES string of the molecule is CC(=O)N1CC[C@@H](CN)C1.CC(=O)N1CC[C@@H](CN)C1.Cl.Cl.Cl. The fraction of sp³-hybridized carbons (Fsp3) is 0.857. The number of rotatable bonds is 2. The Morgan fingerprint density at radius 2 is 1.13 bits per heavy atom. The first-order chi connectivity index (χ1) is 9.47. The minimum Gasteiger partial charge on any atom is -0.343 e. The van der Waals surface area contributed by atoms with Gasteiger partial charge in [0.1, 0.15) is 0 Å². The molecule has 2 aliphatic rings. The van der Waals surface area contributed by atoms with Crippen LogP contribution < -0.4 is 11.5 Å². The molecule has 0 bridgehead atoms. The number of likely N-dealkylation sites (tertiary alicyclic amines) is 2. The van der Waals surface area contributed by atoms with Crippen molar-refractivity contribution in [2.24, 2.45) is 23.3 Å². The van der Waals surface area contributed by atoms with Crippen molar-refractivity contribution in [3.05, 3.63) is 0 Å². The third-order valence-electron chi connectivity index (χ3n) is 4.13. The van der Waals surface area contributed by atoms with E-state index in [9.17, 15) is 9.59 Å². The fourth-order valence-corrected chi connectivity index (χ4v) is 2.62. The minimum absolute atomic E-state index is 0. The van der Waals surface area contributed by atoms with Crippen molar-refractivity contribution >= 4 is 49.0 Å². The smallest absolute Gasteiger partial charge is 0.219 e.